The van der Waals surface area contributed by atoms with E-state index in [9.17, 15) is 13.2 Å². The lowest BCUT2D eigenvalue weighted by Crippen LogP contribution is -2.37. The highest BCUT2D eigenvalue weighted by Crippen LogP contribution is 2.29. The van der Waals surface area contributed by atoms with Gasteiger partial charge >= 0.3 is 6.18 Å². The zero-order chi connectivity index (χ0) is 18.6. The van der Waals surface area contributed by atoms with Crippen LogP contribution in [0.1, 0.15) is 36.1 Å². The number of guanidine groups is 1. The molecule has 0 spiro atoms. The molecular weight excluding hydrogens is 345 g/mol. The second-order valence-corrected chi connectivity index (χ2v) is 6.03. The summed E-state index contributed by atoms with van der Waals surface area (Å²) in [4.78, 5) is 4.42. The minimum Gasteiger partial charge on any atom is -0.357 e. The van der Waals surface area contributed by atoms with E-state index in [0.717, 1.165) is 43.2 Å². The predicted molar refractivity (Wildman–Crippen MR) is 91.4 cm³/mol. The van der Waals surface area contributed by atoms with Crippen LogP contribution in [-0.4, -0.2) is 27.3 Å². The van der Waals surface area contributed by atoms with Gasteiger partial charge in [0.15, 0.2) is 11.8 Å². The zero-order valence-electron chi connectivity index (χ0n) is 14.5. The summed E-state index contributed by atoms with van der Waals surface area (Å²) in [6, 6.07) is 5.04. The Morgan fingerprint density at radius 2 is 1.96 bits per heavy atom. The second kappa shape index (κ2) is 7.76. The molecule has 0 bridgehead atoms. The molecule has 1 aliphatic rings. The molecule has 2 aromatic rings. The van der Waals surface area contributed by atoms with Crippen molar-refractivity contribution in [3.63, 3.8) is 0 Å². The zero-order valence-corrected chi connectivity index (χ0v) is 14.5. The van der Waals surface area contributed by atoms with Gasteiger partial charge in [0, 0.05) is 19.5 Å². The van der Waals surface area contributed by atoms with Crippen LogP contribution in [0, 0.1) is 0 Å². The summed E-state index contributed by atoms with van der Waals surface area (Å²) in [6.45, 7) is 4.33. The number of aryl methyl sites for hydroxylation is 1. The summed E-state index contributed by atoms with van der Waals surface area (Å²) in [7, 11) is 0. The molecule has 0 saturated carbocycles. The van der Waals surface area contributed by atoms with E-state index in [4.69, 9.17) is 0 Å². The average Bonchev–Trinajstić information content (AvgIpc) is 3.21. The van der Waals surface area contributed by atoms with Crippen molar-refractivity contribution in [2.24, 2.45) is 4.99 Å². The van der Waals surface area contributed by atoms with Gasteiger partial charge in [-0.2, -0.15) is 13.2 Å². The normalized spacial score (nSPS) is 14.4. The summed E-state index contributed by atoms with van der Waals surface area (Å²) in [5, 5.41) is 14.7. The number of nitrogens with one attached hydrogen (secondary N) is 2. The Bertz CT molecular complexity index is 764. The van der Waals surface area contributed by atoms with E-state index in [1.807, 2.05) is 6.92 Å². The molecule has 0 unspecified atom stereocenters. The molecule has 1 aromatic carbocycles. The number of rotatable bonds is 5. The van der Waals surface area contributed by atoms with Gasteiger partial charge in [0.1, 0.15) is 5.82 Å². The highest BCUT2D eigenvalue weighted by molar-refractivity contribution is 5.79. The molecule has 3 rings (SSSR count). The minimum atomic E-state index is -4.32. The third kappa shape index (κ3) is 4.33. The molecule has 0 amide bonds. The quantitative estimate of drug-likeness (QED) is 0.630. The maximum atomic E-state index is 12.6. The average molecular weight is 366 g/mol. The SMILES string of the molecule is CCNC(=NCc1ccc(C(F)(F)F)cc1)NCc1nnc2n1CCC2. The van der Waals surface area contributed by atoms with Gasteiger partial charge in [-0.1, -0.05) is 12.1 Å². The van der Waals surface area contributed by atoms with Crippen LogP contribution < -0.4 is 10.6 Å². The van der Waals surface area contributed by atoms with Crippen molar-refractivity contribution in [1.82, 2.24) is 25.4 Å². The van der Waals surface area contributed by atoms with Crippen molar-refractivity contribution in [2.75, 3.05) is 6.54 Å². The number of aromatic nitrogens is 3. The van der Waals surface area contributed by atoms with Crippen LogP contribution in [0.15, 0.2) is 29.3 Å². The summed E-state index contributed by atoms with van der Waals surface area (Å²) < 4.78 is 39.9. The molecule has 0 radical (unpaired) electrons. The van der Waals surface area contributed by atoms with Gasteiger partial charge in [0.05, 0.1) is 18.7 Å². The number of fused-ring (bicyclic) bond motifs is 1. The third-order valence-electron chi connectivity index (χ3n) is 4.15. The topological polar surface area (TPSA) is 67.1 Å². The van der Waals surface area contributed by atoms with Crippen molar-refractivity contribution in [3.8, 4) is 0 Å². The molecular formula is C17H21F3N6. The lowest BCUT2D eigenvalue weighted by molar-refractivity contribution is -0.137. The standard InChI is InChI=1S/C17H21F3N6/c1-2-21-16(23-11-15-25-24-14-4-3-9-26(14)15)22-10-12-5-7-13(8-6-12)17(18,19)20/h5-8H,2-4,9-11H2,1H3,(H2,21,22,23). The molecule has 26 heavy (non-hydrogen) atoms. The molecule has 6 nitrogen and oxygen atoms in total. The Labute approximate surface area is 149 Å². The summed E-state index contributed by atoms with van der Waals surface area (Å²) >= 11 is 0. The predicted octanol–water partition coefficient (Wildman–Crippen LogP) is 2.50. The number of nitrogens with zero attached hydrogens (tertiary/aromatic N) is 4. The van der Waals surface area contributed by atoms with Gasteiger partial charge in [-0.25, -0.2) is 4.99 Å². The number of halogens is 3. The van der Waals surface area contributed by atoms with Gasteiger partial charge in [-0.15, -0.1) is 10.2 Å². The number of aliphatic imine (C=N–C) groups is 1. The van der Waals surface area contributed by atoms with E-state index in [0.29, 0.717) is 24.6 Å². The molecule has 140 valence electrons. The number of benzene rings is 1. The molecule has 0 saturated heterocycles. The van der Waals surface area contributed by atoms with Crippen molar-refractivity contribution >= 4 is 5.96 Å². The van der Waals surface area contributed by atoms with E-state index in [2.05, 4.69) is 30.4 Å². The fourth-order valence-electron chi connectivity index (χ4n) is 2.82. The molecule has 0 fully saturated rings. The molecule has 1 aromatic heterocycles. The molecule has 2 N–H and O–H groups in total. The van der Waals surface area contributed by atoms with Gasteiger partial charge in [0.2, 0.25) is 0 Å². The van der Waals surface area contributed by atoms with Crippen LogP contribution in [0.3, 0.4) is 0 Å². The summed E-state index contributed by atoms with van der Waals surface area (Å²) in [5.41, 5.74) is 0.0505. The van der Waals surface area contributed by atoms with Crippen molar-refractivity contribution < 1.29 is 13.2 Å². The largest absolute Gasteiger partial charge is 0.416 e. The van der Waals surface area contributed by atoms with Crippen molar-refractivity contribution in [1.29, 1.82) is 0 Å². The fraction of sp³-hybridized carbons (Fsp3) is 0.471. The molecule has 2 heterocycles. The van der Waals surface area contributed by atoms with E-state index >= 15 is 0 Å². The Morgan fingerprint density at radius 1 is 1.19 bits per heavy atom. The molecule has 1 aliphatic heterocycles. The number of hydrogen-bond acceptors (Lipinski definition) is 3. The Hall–Kier alpha value is -2.58. The van der Waals surface area contributed by atoms with Crippen molar-refractivity contribution in [2.45, 2.75) is 45.6 Å². The number of alkyl halides is 3. The van der Waals surface area contributed by atoms with Gasteiger partial charge in [-0.3, -0.25) is 0 Å². The Kier molecular flexibility index (Phi) is 5.43. The summed E-state index contributed by atoms with van der Waals surface area (Å²) in [5.74, 6) is 2.45. The first-order valence-corrected chi connectivity index (χ1v) is 8.56. The van der Waals surface area contributed by atoms with Crippen molar-refractivity contribution in [3.05, 3.63) is 47.0 Å². The van der Waals surface area contributed by atoms with Gasteiger partial charge in [-0.05, 0) is 31.0 Å². The summed E-state index contributed by atoms with van der Waals surface area (Å²) in [6.07, 6.45) is -2.29. The molecule has 0 atom stereocenters. The highest BCUT2D eigenvalue weighted by Gasteiger charge is 2.29. The first-order chi connectivity index (χ1) is 12.5. The Morgan fingerprint density at radius 3 is 2.65 bits per heavy atom. The number of hydrogen-bond donors (Lipinski definition) is 2. The monoisotopic (exact) mass is 366 g/mol. The van der Waals surface area contributed by atoms with Crippen LogP contribution in [0.4, 0.5) is 13.2 Å². The van der Waals surface area contributed by atoms with E-state index < -0.39 is 11.7 Å². The molecule has 0 aliphatic carbocycles. The molecule has 9 heteroatoms. The fourth-order valence-corrected chi connectivity index (χ4v) is 2.82. The van der Waals surface area contributed by atoms with Gasteiger partial charge < -0.3 is 15.2 Å². The van der Waals surface area contributed by atoms with E-state index in [1.165, 1.54) is 12.1 Å². The van der Waals surface area contributed by atoms with E-state index in [1.54, 1.807) is 0 Å². The second-order valence-electron chi connectivity index (χ2n) is 6.03. The maximum Gasteiger partial charge on any atom is 0.416 e. The highest BCUT2D eigenvalue weighted by atomic mass is 19.4. The van der Waals surface area contributed by atoms with Gasteiger partial charge in [0.25, 0.3) is 0 Å². The van der Waals surface area contributed by atoms with Crippen LogP contribution >= 0.6 is 0 Å². The third-order valence-corrected chi connectivity index (χ3v) is 4.15. The lowest BCUT2D eigenvalue weighted by atomic mass is 10.1. The first-order valence-electron chi connectivity index (χ1n) is 8.56. The van der Waals surface area contributed by atoms with Crippen LogP contribution in [0.2, 0.25) is 0 Å². The van der Waals surface area contributed by atoms with E-state index in [-0.39, 0.29) is 6.54 Å². The van der Waals surface area contributed by atoms with Crippen LogP contribution in [0.5, 0.6) is 0 Å². The minimum absolute atomic E-state index is 0.283. The van der Waals surface area contributed by atoms with Crippen LogP contribution in [0.25, 0.3) is 0 Å². The smallest absolute Gasteiger partial charge is 0.357 e. The Balaban J connectivity index is 1.61. The lowest BCUT2D eigenvalue weighted by Gasteiger charge is -2.11. The van der Waals surface area contributed by atoms with Crippen LogP contribution in [-0.2, 0) is 32.2 Å². The maximum absolute atomic E-state index is 12.6. The first kappa shape index (κ1) is 18.2.